The Balaban J connectivity index is 1.30. The molecular formula is C30H31N7O2. The second kappa shape index (κ2) is 9.21. The summed E-state index contributed by atoms with van der Waals surface area (Å²) in [5.41, 5.74) is 8.55. The topological polar surface area (TPSA) is 88.7 Å². The Hall–Kier alpha value is -4.21. The molecule has 0 radical (unpaired) electrons. The highest BCUT2D eigenvalue weighted by atomic mass is 16.5. The summed E-state index contributed by atoms with van der Waals surface area (Å²) in [6.07, 6.45) is 4.97. The van der Waals surface area contributed by atoms with Gasteiger partial charge in [0, 0.05) is 49.8 Å². The second-order valence-corrected chi connectivity index (χ2v) is 10.7. The number of amides is 1. The normalized spacial score (nSPS) is 16.9. The van der Waals surface area contributed by atoms with Gasteiger partial charge in [-0.15, -0.1) is 0 Å². The van der Waals surface area contributed by atoms with E-state index in [-0.39, 0.29) is 5.91 Å². The molecule has 1 aromatic carbocycles. The van der Waals surface area contributed by atoms with Crippen LogP contribution in [0.5, 0.6) is 0 Å². The van der Waals surface area contributed by atoms with E-state index in [2.05, 4.69) is 74.0 Å². The van der Waals surface area contributed by atoms with E-state index in [1.165, 1.54) is 5.56 Å². The number of benzene rings is 1. The summed E-state index contributed by atoms with van der Waals surface area (Å²) in [5.74, 6) is 1.02. The zero-order valence-electron chi connectivity index (χ0n) is 22.4. The van der Waals surface area contributed by atoms with E-state index in [0.717, 1.165) is 76.9 Å². The van der Waals surface area contributed by atoms with Crippen LogP contribution in [0.3, 0.4) is 0 Å². The van der Waals surface area contributed by atoms with Crippen molar-refractivity contribution >= 4 is 34.1 Å². The van der Waals surface area contributed by atoms with Gasteiger partial charge in [0.15, 0.2) is 0 Å². The highest BCUT2D eigenvalue weighted by Gasteiger charge is 2.28. The van der Waals surface area contributed by atoms with Crippen LogP contribution in [0.4, 0.5) is 11.5 Å². The lowest BCUT2D eigenvalue weighted by Crippen LogP contribution is -2.16. The molecule has 4 aromatic heterocycles. The van der Waals surface area contributed by atoms with E-state index in [4.69, 9.17) is 9.72 Å². The molecule has 1 atom stereocenters. The molecule has 39 heavy (non-hydrogen) atoms. The number of nitrogens with zero attached hydrogens (tertiary/aromatic N) is 5. The third-order valence-electron chi connectivity index (χ3n) is 7.83. The number of nitrogens with one attached hydrogen (secondary N) is 2. The number of imidazole rings is 1. The molecule has 1 amide bonds. The summed E-state index contributed by atoms with van der Waals surface area (Å²) in [4.78, 5) is 24.9. The number of fused-ring (bicyclic) bond motifs is 4. The standard InChI is InChI=1S/C30H31N7O2/c1-35(2)16-24-20(19-11-13-39-17-19)6-8-26(34-24)33-23-7-5-21(22-14-32-29(38)28(22)23)25-15-31-27-9-4-18-10-12-36(3)30(18)37(25)27/h4-10,12,15,19H,11,13-14,16-17H2,1-3H3,(H,32,38)(H,33,34)/t19-/m1/s1. The van der Waals surface area contributed by atoms with Gasteiger partial charge in [0.05, 0.1) is 35.4 Å². The van der Waals surface area contributed by atoms with E-state index in [1.807, 2.05) is 31.4 Å². The number of ether oxygens (including phenoxy) is 1. The number of hydrogen-bond donors (Lipinski definition) is 2. The summed E-state index contributed by atoms with van der Waals surface area (Å²) in [6, 6.07) is 14.5. The largest absolute Gasteiger partial charge is 0.381 e. The van der Waals surface area contributed by atoms with Crippen LogP contribution in [-0.2, 0) is 24.9 Å². The maximum absolute atomic E-state index is 13.1. The van der Waals surface area contributed by atoms with E-state index in [9.17, 15) is 4.79 Å². The smallest absolute Gasteiger partial charge is 0.254 e. The summed E-state index contributed by atoms with van der Waals surface area (Å²) >= 11 is 0. The molecule has 1 fully saturated rings. The van der Waals surface area contributed by atoms with Gasteiger partial charge in [0.25, 0.3) is 5.91 Å². The van der Waals surface area contributed by atoms with Gasteiger partial charge in [0.2, 0.25) is 0 Å². The average molecular weight is 522 g/mol. The number of carbonyl (C=O) groups excluding carboxylic acids is 1. The summed E-state index contributed by atoms with van der Waals surface area (Å²) in [6.45, 7) is 2.74. The lowest BCUT2D eigenvalue weighted by molar-refractivity contribution is 0.0966. The fourth-order valence-electron chi connectivity index (χ4n) is 6.01. The van der Waals surface area contributed by atoms with Crippen molar-refractivity contribution < 1.29 is 9.53 Å². The number of anilines is 2. The molecule has 0 unspecified atom stereocenters. The minimum atomic E-state index is -0.0829. The molecule has 2 aliphatic heterocycles. The molecule has 1 saturated heterocycles. The monoisotopic (exact) mass is 521 g/mol. The van der Waals surface area contributed by atoms with Gasteiger partial charge >= 0.3 is 0 Å². The zero-order valence-corrected chi connectivity index (χ0v) is 22.4. The van der Waals surface area contributed by atoms with Crippen LogP contribution >= 0.6 is 0 Å². The van der Waals surface area contributed by atoms with Crippen molar-refractivity contribution in [1.29, 1.82) is 0 Å². The number of aryl methyl sites for hydroxylation is 1. The van der Waals surface area contributed by atoms with E-state index < -0.39 is 0 Å². The average Bonchev–Trinajstić information content (AvgIpc) is 3.72. The fraction of sp³-hybridized carbons (Fsp3) is 0.300. The summed E-state index contributed by atoms with van der Waals surface area (Å²) in [5, 5.41) is 7.64. The van der Waals surface area contributed by atoms with Crippen molar-refractivity contribution in [3.8, 4) is 11.3 Å². The Bertz CT molecular complexity index is 1740. The number of pyridine rings is 2. The quantitative estimate of drug-likeness (QED) is 0.344. The molecule has 7 rings (SSSR count). The third-order valence-corrected chi connectivity index (χ3v) is 7.83. The molecule has 2 aliphatic rings. The Labute approximate surface area is 226 Å². The van der Waals surface area contributed by atoms with Crippen LogP contribution in [0, 0.1) is 0 Å². The number of carbonyl (C=O) groups is 1. The van der Waals surface area contributed by atoms with Gasteiger partial charge in [0.1, 0.15) is 17.1 Å². The van der Waals surface area contributed by atoms with Gasteiger partial charge < -0.3 is 24.8 Å². The molecule has 0 aliphatic carbocycles. The van der Waals surface area contributed by atoms with Crippen LogP contribution < -0.4 is 10.6 Å². The predicted octanol–water partition coefficient (Wildman–Crippen LogP) is 4.44. The molecule has 9 heteroatoms. The lowest BCUT2D eigenvalue weighted by atomic mass is 9.96. The fourth-order valence-corrected chi connectivity index (χ4v) is 6.01. The molecule has 2 N–H and O–H groups in total. The minimum absolute atomic E-state index is 0.0829. The first kappa shape index (κ1) is 23.9. The number of aromatic nitrogens is 4. The molecule has 0 spiro atoms. The predicted molar refractivity (Wildman–Crippen MR) is 151 cm³/mol. The van der Waals surface area contributed by atoms with Crippen LogP contribution in [0.1, 0.15) is 39.5 Å². The van der Waals surface area contributed by atoms with E-state index in [1.54, 1.807) is 0 Å². The molecule has 0 saturated carbocycles. The summed E-state index contributed by atoms with van der Waals surface area (Å²) < 4.78 is 9.92. The van der Waals surface area contributed by atoms with Gasteiger partial charge in [-0.2, -0.15) is 0 Å². The first-order chi connectivity index (χ1) is 19.0. The third kappa shape index (κ3) is 3.97. The van der Waals surface area contributed by atoms with Crippen molar-refractivity contribution in [2.75, 3.05) is 32.6 Å². The van der Waals surface area contributed by atoms with Gasteiger partial charge in [-0.3, -0.25) is 9.20 Å². The van der Waals surface area contributed by atoms with Gasteiger partial charge in [-0.05, 0) is 62.0 Å². The lowest BCUT2D eigenvalue weighted by Gasteiger charge is -2.19. The second-order valence-electron chi connectivity index (χ2n) is 10.7. The van der Waals surface area contributed by atoms with Gasteiger partial charge in [-0.25, -0.2) is 9.97 Å². The molecule has 5 aromatic rings. The number of rotatable bonds is 6. The molecule has 9 nitrogen and oxygen atoms in total. The van der Waals surface area contributed by atoms with E-state index >= 15 is 0 Å². The maximum Gasteiger partial charge on any atom is 0.254 e. The molecule has 6 heterocycles. The van der Waals surface area contributed by atoms with Crippen molar-refractivity contribution in [2.24, 2.45) is 7.05 Å². The highest BCUT2D eigenvalue weighted by Crippen LogP contribution is 2.37. The minimum Gasteiger partial charge on any atom is -0.381 e. The van der Waals surface area contributed by atoms with E-state index in [0.29, 0.717) is 18.0 Å². The molecular weight excluding hydrogens is 490 g/mol. The van der Waals surface area contributed by atoms with Crippen LogP contribution in [0.2, 0.25) is 0 Å². The maximum atomic E-state index is 13.1. The Morgan fingerprint density at radius 1 is 1.15 bits per heavy atom. The van der Waals surface area contributed by atoms with Crippen LogP contribution in [0.25, 0.3) is 27.9 Å². The van der Waals surface area contributed by atoms with Crippen molar-refractivity contribution in [1.82, 2.24) is 29.2 Å². The summed E-state index contributed by atoms with van der Waals surface area (Å²) in [7, 11) is 6.14. The van der Waals surface area contributed by atoms with Crippen molar-refractivity contribution in [3.63, 3.8) is 0 Å². The zero-order chi connectivity index (χ0) is 26.7. The number of hydrogen-bond acceptors (Lipinski definition) is 6. The highest BCUT2D eigenvalue weighted by molar-refractivity contribution is 6.06. The van der Waals surface area contributed by atoms with Crippen molar-refractivity contribution in [2.45, 2.75) is 25.4 Å². The molecule has 0 bridgehead atoms. The Morgan fingerprint density at radius 3 is 2.87 bits per heavy atom. The van der Waals surface area contributed by atoms with Crippen LogP contribution in [0.15, 0.2) is 54.9 Å². The first-order valence-corrected chi connectivity index (χ1v) is 13.3. The Morgan fingerprint density at radius 2 is 2.05 bits per heavy atom. The SMILES string of the molecule is CN(C)Cc1nc(Nc2ccc(-c3cnc4ccc5ccn(C)c5n34)c3c2C(=O)NC3)ccc1[C@@H]1CCOC1. The van der Waals surface area contributed by atoms with Crippen molar-refractivity contribution in [3.05, 3.63) is 77.2 Å². The van der Waals surface area contributed by atoms with Crippen LogP contribution in [-0.4, -0.2) is 57.1 Å². The Kier molecular flexibility index (Phi) is 5.64. The molecule has 198 valence electrons. The first-order valence-electron chi connectivity index (χ1n) is 13.3. The van der Waals surface area contributed by atoms with Gasteiger partial charge in [-0.1, -0.05) is 12.1 Å².